The van der Waals surface area contributed by atoms with Crippen molar-refractivity contribution in [2.24, 2.45) is 0 Å². The molecule has 3 fully saturated rings. The van der Waals surface area contributed by atoms with E-state index in [1.165, 1.54) is 12.1 Å². The number of nitrogens with zero attached hydrogens (tertiary/aromatic N) is 3. The average molecular weight is 544 g/mol. The van der Waals surface area contributed by atoms with Crippen molar-refractivity contribution >= 4 is 11.8 Å². The molecular formula is C28H28F3N3O5. The van der Waals surface area contributed by atoms with E-state index in [0.29, 0.717) is 22.7 Å². The number of carboxylic acid groups (broad SMARTS) is 1. The maximum absolute atomic E-state index is 13.1. The molecule has 1 aliphatic carbocycles. The van der Waals surface area contributed by atoms with E-state index in [4.69, 9.17) is 9.26 Å². The maximum atomic E-state index is 13.1. The Kier molecular flexibility index (Phi) is 6.49. The number of aromatic nitrogens is 2. The number of anilines is 1. The van der Waals surface area contributed by atoms with Gasteiger partial charge in [0.05, 0.1) is 24.0 Å². The molecule has 0 radical (unpaired) electrons. The monoisotopic (exact) mass is 543 g/mol. The zero-order chi connectivity index (χ0) is 27.3. The quantitative estimate of drug-likeness (QED) is 0.357. The van der Waals surface area contributed by atoms with E-state index in [1.54, 1.807) is 31.2 Å². The summed E-state index contributed by atoms with van der Waals surface area (Å²) in [4.78, 5) is 18.2. The number of ether oxygens (including phenoxy) is 2. The lowest BCUT2D eigenvalue weighted by Gasteiger charge is -2.39. The standard InChI is InChI=1S/C28H28F3N3O5/c1-15-20(27(35)36)10-11-24(32-15)34-17-8-9-18(34)13-19(12-17)37-14-22-25(33-39-26(22)16-6-7-16)21-4-2-3-5-23(21)38-28(29,30)31/h2-5,10-11,16-19H,6-9,12-14H2,1H3,(H,35,36). The molecule has 3 aliphatic rings. The number of pyridine rings is 1. The molecule has 1 aromatic carbocycles. The number of alkyl halides is 3. The number of fused-ring (bicyclic) bond motifs is 2. The normalized spacial score (nSPS) is 22.8. The van der Waals surface area contributed by atoms with Gasteiger partial charge in [-0.25, -0.2) is 9.78 Å². The highest BCUT2D eigenvalue weighted by Gasteiger charge is 2.42. The van der Waals surface area contributed by atoms with E-state index in [9.17, 15) is 23.1 Å². The number of carbonyl (C=O) groups is 1. The summed E-state index contributed by atoms with van der Waals surface area (Å²) in [5, 5.41) is 13.5. The number of para-hydroxylation sites is 1. The molecule has 1 saturated carbocycles. The van der Waals surface area contributed by atoms with E-state index in [2.05, 4.69) is 19.8 Å². The van der Waals surface area contributed by atoms with Crippen molar-refractivity contribution in [1.82, 2.24) is 10.1 Å². The molecule has 1 N–H and O–H groups in total. The van der Waals surface area contributed by atoms with Crippen molar-refractivity contribution in [3.05, 3.63) is 59.0 Å². The lowest BCUT2D eigenvalue weighted by atomic mass is 9.99. The van der Waals surface area contributed by atoms with Crippen LogP contribution in [0.25, 0.3) is 11.3 Å². The Hall–Kier alpha value is -3.60. The molecule has 0 amide bonds. The molecule has 8 nitrogen and oxygen atoms in total. The van der Waals surface area contributed by atoms with Crippen LogP contribution >= 0.6 is 0 Å². The van der Waals surface area contributed by atoms with E-state index in [-0.39, 0.29) is 47.6 Å². The van der Waals surface area contributed by atoms with Gasteiger partial charge in [0, 0.05) is 29.1 Å². The summed E-state index contributed by atoms with van der Waals surface area (Å²) in [6.07, 6.45) is 0.519. The Morgan fingerprint density at radius 3 is 2.46 bits per heavy atom. The Labute approximate surface area is 222 Å². The summed E-state index contributed by atoms with van der Waals surface area (Å²) < 4.78 is 55.5. The van der Waals surface area contributed by atoms with Crippen LogP contribution in [0, 0.1) is 6.92 Å². The first-order valence-electron chi connectivity index (χ1n) is 13.1. The molecule has 6 rings (SSSR count). The molecule has 2 unspecified atom stereocenters. The smallest absolute Gasteiger partial charge is 0.478 e. The predicted octanol–water partition coefficient (Wildman–Crippen LogP) is 6.24. The van der Waals surface area contributed by atoms with Crippen molar-refractivity contribution < 1.29 is 37.1 Å². The Morgan fingerprint density at radius 1 is 1.10 bits per heavy atom. The molecule has 2 atom stereocenters. The number of aryl methyl sites for hydroxylation is 1. The van der Waals surface area contributed by atoms with Crippen LogP contribution in [0.1, 0.15) is 71.8 Å². The fourth-order valence-electron chi connectivity index (χ4n) is 5.97. The summed E-state index contributed by atoms with van der Waals surface area (Å²) in [5.74, 6) is 0.326. The molecule has 2 aliphatic heterocycles. The first-order chi connectivity index (χ1) is 18.7. The molecule has 39 heavy (non-hydrogen) atoms. The topological polar surface area (TPSA) is 97.9 Å². The highest BCUT2D eigenvalue weighted by molar-refractivity contribution is 5.89. The average Bonchev–Trinajstić information content (AvgIpc) is 3.58. The summed E-state index contributed by atoms with van der Waals surface area (Å²) in [7, 11) is 0. The number of rotatable bonds is 8. The predicted molar refractivity (Wildman–Crippen MR) is 134 cm³/mol. The van der Waals surface area contributed by atoms with Gasteiger partial charge in [0.1, 0.15) is 23.0 Å². The molecular weight excluding hydrogens is 515 g/mol. The van der Waals surface area contributed by atoms with Gasteiger partial charge in [-0.05, 0) is 69.7 Å². The van der Waals surface area contributed by atoms with Crippen LogP contribution in [-0.4, -0.2) is 45.8 Å². The van der Waals surface area contributed by atoms with E-state index >= 15 is 0 Å². The molecule has 11 heteroatoms. The summed E-state index contributed by atoms with van der Waals surface area (Å²) in [6.45, 7) is 1.89. The van der Waals surface area contributed by atoms with Gasteiger partial charge in [-0.2, -0.15) is 0 Å². The summed E-state index contributed by atoms with van der Waals surface area (Å²) >= 11 is 0. The second-order valence-electron chi connectivity index (χ2n) is 10.5. The molecule has 206 valence electrons. The van der Waals surface area contributed by atoms with Crippen molar-refractivity contribution in [2.75, 3.05) is 4.90 Å². The van der Waals surface area contributed by atoms with Crippen LogP contribution in [0.5, 0.6) is 5.75 Å². The number of aromatic carboxylic acids is 1. The minimum absolute atomic E-state index is 0.0467. The van der Waals surface area contributed by atoms with Crippen molar-refractivity contribution in [2.45, 2.75) is 82.5 Å². The zero-order valence-electron chi connectivity index (χ0n) is 21.3. The van der Waals surface area contributed by atoms with Gasteiger partial charge in [0.2, 0.25) is 0 Å². The lowest BCUT2D eigenvalue weighted by molar-refractivity contribution is -0.274. The fraction of sp³-hybridized carbons (Fsp3) is 0.464. The van der Waals surface area contributed by atoms with Crippen LogP contribution in [0.2, 0.25) is 0 Å². The highest BCUT2D eigenvalue weighted by Crippen LogP contribution is 2.46. The number of carboxylic acids is 1. The van der Waals surface area contributed by atoms with Crippen LogP contribution in [0.3, 0.4) is 0 Å². The molecule has 2 saturated heterocycles. The number of halogens is 3. The molecule has 3 aromatic rings. The van der Waals surface area contributed by atoms with E-state index < -0.39 is 12.3 Å². The number of benzene rings is 1. The minimum Gasteiger partial charge on any atom is -0.478 e. The first kappa shape index (κ1) is 25.7. The second-order valence-corrected chi connectivity index (χ2v) is 10.5. The van der Waals surface area contributed by atoms with Gasteiger partial charge < -0.3 is 24.0 Å². The number of piperidine rings is 1. The van der Waals surface area contributed by atoms with Gasteiger partial charge in [0.25, 0.3) is 0 Å². The Bertz CT molecular complexity index is 1370. The third-order valence-corrected chi connectivity index (χ3v) is 7.85. The molecule has 2 bridgehead atoms. The van der Waals surface area contributed by atoms with Gasteiger partial charge in [0.15, 0.2) is 0 Å². The lowest BCUT2D eigenvalue weighted by Crippen LogP contribution is -2.46. The molecule has 0 spiro atoms. The van der Waals surface area contributed by atoms with E-state index in [1.807, 2.05) is 0 Å². The largest absolute Gasteiger partial charge is 0.573 e. The molecule has 2 aromatic heterocycles. The number of hydrogen-bond donors (Lipinski definition) is 1. The van der Waals surface area contributed by atoms with Crippen molar-refractivity contribution in [3.8, 4) is 17.0 Å². The molecule has 4 heterocycles. The Morgan fingerprint density at radius 2 is 1.82 bits per heavy atom. The number of hydrogen-bond acceptors (Lipinski definition) is 7. The second kappa shape index (κ2) is 9.86. The van der Waals surface area contributed by atoms with Gasteiger partial charge >= 0.3 is 12.3 Å². The zero-order valence-corrected chi connectivity index (χ0v) is 21.3. The first-order valence-corrected chi connectivity index (χ1v) is 13.1. The SMILES string of the molecule is Cc1nc(N2C3CCC2CC(OCc2c(-c4ccccc4OC(F)(F)F)noc2C2CC2)C3)ccc1C(=O)O. The fourth-order valence-corrected chi connectivity index (χ4v) is 5.97. The van der Waals surface area contributed by atoms with Crippen LogP contribution < -0.4 is 9.64 Å². The van der Waals surface area contributed by atoms with E-state index in [0.717, 1.165) is 44.3 Å². The van der Waals surface area contributed by atoms with Crippen molar-refractivity contribution in [1.29, 1.82) is 0 Å². The Balaban J connectivity index is 1.20. The van der Waals surface area contributed by atoms with Gasteiger partial charge in [-0.15, -0.1) is 13.2 Å². The maximum Gasteiger partial charge on any atom is 0.573 e. The van der Waals surface area contributed by atoms with Gasteiger partial charge in [-0.3, -0.25) is 0 Å². The van der Waals surface area contributed by atoms with Crippen LogP contribution in [0.4, 0.5) is 19.0 Å². The highest BCUT2D eigenvalue weighted by atomic mass is 19.4. The van der Waals surface area contributed by atoms with Gasteiger partial charge in [-0.1, -0.05) is 17.3 Å². The van der Waals surface area contributed by atoms with Crippen LogP contribution in [-0.2, 0) is 11.3 Å². The summed E-state index contributed by atoms with van der Waals surface area (Å²) in [5.41, 5.74) is 1.88. The van der Waals surface area contributed by atoms with Crippen LogP contribution in [0.15, 0.2) is 40.9 Å². The summed E-state index contributed by atoms with van der Waals surface area (Å²) in [6, 6.07) is 9.74. The minimum atomic E-state index is -4.83. The third kappa shape index (κ3) is 5.19. The third-order valence-electron chi connectivity index (χ3n) is 7.85. The van der Waals surface area contributed by atoms with Crippen molar-refractivity contribution in [3.63, 3.8) is 0 Å².